The molecule has 4 rings (SSSR count). The van der Waals surface area contributed by atoms with Crippen LogP contribution in [0, 0.1) is 0 Å². The van der Waals surface area contributed by atoms with Crippen LogP contribution < -0.4 is 19.1 Å². The molecule has 0 bridgehead atoms. The van der Waals surface area contributed by atoms with Gasteiger partial charge >= 0.3 is 0 Å². The number of carbonyl (C=O) groups is 2. The maximum atomic E-state index is 13.8. The third kappa shape index (κ3) is 8.14. The second-order valence-electron chi connectivity index (χ2n) is 9.73. The number of carbonyl (C=O) groups excluding carboxylic acids is 2. The number of fused-ring (bicyclic) bond motifs is 1. The number of halogens is 1. The lowest BCUT2D eigenvalue weighted by atomic mass is 10.0. The van der Waals surface area contributed by atoms with Gasteiger partial charge in [0.1, 0.15) is 6.04 Å². The fourth-order valence-corrected chi connectivity index (χ4v) is 5.89. The Morgan fingerprint density at radius 1 is 0.976 bits per heavy atom. The van der Waals surface area contributed by atoms with Gasteiger partial charge in [0.25, 0.3) is 0 Å². The molecule has 1 atom stereocenters. The summed E-state index contributed by atoms with van der Waals surface area (Å²) < 4.78 is 37.3. The Labute approximate surface area is 246 Å². The highest BCUT2D eigenvalue weighted by Crippen LogP contribution is 2.36. The molecule has 1 N–H and O–H groups in total. The van der Waals surface area contributed by atoms with E-state index in [1.54, 1.807) is 41.3 Å². The van der Waals surface area contributed by atoms with E-state index in [0.717, 1.165) is 17.4 Å². The van der Waals surface area contributed by atoms with Crippen LogP contribution in [0.15, 0.2) is 72.8 Å². The van der Waals surface area contributed by atoms with Crippen molar-refractivity contribution in [2.24, 2.45) is 0 Å². The molecule has 3 aromatic rings. The Bertz CT molecular complexity index is 1470. The maximum Gasteiger partial charge on any atom is 0.243 e. The van der Waals surface area contributed by atoms with E-state index in [0.29, 0.717) is 35.2 Å². The summed E-state index contributed by atoms with van der Waals surface area (Å²) in [4.78, 5) is 28.7. The van der Waals surface area contributed by atoms with Gasteiger partial charge in [-0.15, -0.1) is 0 Å². The molecular weight excluding hydrogens is 566 g/mol. The molecule has 0 aromatic heterocycles. The highest BCUT2D eigenvalue weighted by molar-refractivity contribution is 7.92. The van der Waals surface area contributed by atoms with Crippen molar-refractivity contribution >= 4 is 39.1 Å². The molecule has 41 heavy (non-hydrogen) atoms. The van der Waals surface area contributed by atoms with Gasteiger partial charge in [-0.05, 0) is 48.7 Å². The van der Waals surface area contributed by atoms with Crippen molar-refractivity contribution in [2.45, 2.75) is 38.8 Å². The van der Waals surface area contributed by atoms with E-state index >= 15 is 0 Å². The largest absolute Gasteiger partial charge is 0.454 e. The van der Waals surface area contributed by atoms with Crippen LogP contribution in [0.5, 0.6) is 11.5 Å². The Hall–Kier alpha value is -3.76. The number of hydrogen-bond acceptors (Lipinski definition) is 6. The number of rotatable bonds is 13. The van der Waals surface area contributed by atoms with E-state index < -0.39 is 16.1 Å². The summed E-state index contributed by atoms with van der Waals surface area (Å²) in [5.41, 5.74) is 2.12. The number of anilines is 1. The van der Waals surface area contributed by atoms with Gasteiger partial charge in [0.2, 0.25) is 28.6 Å². The van der Waals surface area contributed by atoms with E-state index in [1.165, 1.54) is 4.31 Å². The first-order valence-electron chi connectivity index (χ1n) is 13.4. The topological polar surface area (TPSA) is 105 Å². The van der Waals surface area contributed by atoms with Gasteiger partial charge in [-0.1, -0.05) is 54.1 Å². The lowest BCUT2D eigenvalue weighted by Crippen LogP contribution is -2.50. The van der Waals surface area contributed by atoms with Crippen LogP contribution in [0.3, 0.4) is 0 Å². The standard InChI is InChI=1S/C30H34ClN3O6S/c1-3-32-30(36)26(18-22-9-5-4-6-10-22)33(20-23-11-7-12-24(31)17-23)29(35)13-8-16-34(41(2,37)38)25-14-15-27-28(19-25)40-21-39-27/h4-7,9-12,14-15,17,19,26H,3,8,13,16,18,20-21H2,1-2H3,(H,32,36). The Morgan fingerprint density at radius 2 is 1.71 bits per heavy atom. The van der Waals surface area contributed by atoms with Gasteiger partial charge < -0.3 is 19.7 Å². The summed E-state index contributed by atoms with van der Waals surface area (Å²) in [6.07, 6.45) is 1.71. The number of amides is 2. The predicted molar refractivity (Wildman–Crippen MR) is 159 cm³/mol. The first kappa shape index (κ1) is 30.2. The van der Waals surface area contributed by atoms with Gasteiger partial charge in [-0.2, -0.15) is 0 Å². The van der Waals surface area contributed by atoms with Gasteiger partial charge in [-0.3, -0.25) is 13.9 Å². The maximum absolute atomic E-state index is 13.8. The molecule has 0 fully saturated rings. The molecular formula is C30H34ClN3O6S. The first-order valence-corrected chi connectivity index (χ1v) is 15.6. The third-order valence-electron chi connectivity index (χ3n) is 6.66. The average molecular weight is 600 g/mol. The van der Waals surface area contributed by atoms with Crippen LogP contribution in [0.25, 0.3) is 0 Å². The molecule has 1 unspecified atom stereocenters. The molecule has 1 aliphatic rings. The molecule has 0 saturated heterocycles. The molecule has 0 saturated carbocycles. The molecule has 1 heterocycles. The Kier molecular flexibility index (Phi) is 10.1. The summed E-state index contributed by atoms with van der Waals surface area (Å²) in [6.45, 7) is 2.56. The van der Waals surface area contributed by atoms with Crippen LogP contribution in [-0.4, -0.2) is 57.3 Å². The summed E-state index contributed by atoms with van der Waals surface area (Å²) >= 11 is 6.22. The lowest BCUT2D eigenvalue weighted by Gasteiger charge is -2.32. The molecule has 3 aromatic carbocycles. The predicted octanol–water partition coefficient (Wildman–Crippen LogP) is 4.39. The molecule has 218 valence electrons. The van der Waals surface area contributed by atoms with Crippen LogP contribution in [-0.2, 0) is 32.6 Å². The molecule has 11 heteroatoms. The minimum absolute atomic E-state index is 0.0296. The second kappa shape index (κ2) is 13.7. The van der Waals surface area contributed by atoms with Crippen molar-refractivity contribution in [3.05, 3.63) is 88.9 Å². The van der Waals surface area contributed by atoms with Gasteiger partial charge in [-0.25, -0.2) is 8.42 Å². The van der Waals surface area contributed by atoms with Crippen molar-refractivity contribution in [3.63, 3.8) is 0 Å². The number of nitrogens with one attached hydrogen (secondary N) is 1. The Balaban J connectivity index is 1.56. The normalized spacial score (nSPS) is 13.0. The first-order chi connectivity index (χ1) is 19.7. The fraction of sp³-hybridized carbons (Fsp3) is 0.333. The van der Waals surface area contributed by atoms with Crippen molar-refractivity contribution in [3.8, 4) is 11.5 Å². The number of nitrogens with zero attached hydrogens (tertiary/aromatic N) is 2. The smallest absolute Gasteiger partial charge is 0.243 e. The number of ether oxygens (including phenoxy) is 2. The zero-order chi connectivity index (χ0) is 29.4. The highest BCUT2D eigenvalue weighted by atomic mass is 35.5. The number of benzene rings is 3. The number of hydrogen-bond donors (Lipinski definition) is 1. The minimum atomic E-state index is -3.65. The highest BCUT2D eigenvalue weighted by Gasteiger charge is 2.30. The number of sulfonamides is 1. The molecule has 0 spiro atoms. The summed E-state index contributed by atoms with van der Waals surface area (Å²) in [5.74, 6) is 0.482. The SMILES string of the molecule is CCNC(=O)C(Cc1ccccc1)N(Cc1cccc(Cl)c1)C(=O)CCCN(c1ccc2c(c1)OCO2)S(C)(=O)=O. The van der Waals surface area contributed by atoms with E-state index in [4.69, 9.17) is 21.1 Å². The minimum Gasteiger partial charge on any atom is -0.454 e. The fourth-order valence-electron chi connectivity index (χ4n) is 4.72. The summed E-state index contributed by atoms with van der Waals surface area (Å²) in [6, 6.07) is 20.8. The quantitative estimate of drug-likeness (QED) is 0.312. The van der Waals surface area contributed by atoms with Gasteiger partial charge in [0.15, 0.2) is 11.5 Å². The zero-order valence-corrected chi connectivity index (χ0v) is 24.7. The van der Waals surface area contributed by atoms with Crippen LogP contribution in [0.4, 0.5) is 5.69 Å². The van der Waals surface area contributed by atoms with E-state index in [1.807, 2.05) is 43.3 Å². The Morgan fingerprint density at radius 3 is 2.41 bits per heavy atom. The van der Waals surface area contributed by atoms with Crippen LogP contribution in [0.2, 0.25) is 5.02 Å². The van der Waals surface area contributed by atoms with Gasteiger partial charge in [0, 0.05) is 43.6 Å². The zero-order valence-electron chi connectivity index (χ0n) is 23.1. The molecule has 1 aliphatic heterocycles. The molecule has 0 radical (unpaired) electrons. The third-order valence-corrected chi connectivity index (χ3v) is 8.09. The summed E-state index contributed by atoms with van der Waals surface area (Å²) in [5, 5.41) is 3.39. The van der Waals surface area contributed by atoms with E-state index in [-0.39, 0.29) is 44.5 Å². The van der Waals surface area contributed by atoms with Crippen molar-refractivity contribution in [2.75, 3.05) is 30.4 Å². The van der Waals surface area contributed by atoms with Crippen molar-refractivity contribution in [1.29, 1.82) is 0 Å². The molecule has 2 amide bonds. The van der Waals surface area contributed by atoms with Crippen LogP contribution >= 0.6 is 11.6 Å². The number of likely N-dealkylation sites (N-methyl/N-ethyl adjacent to an activating group) is 1. The lowest BCUT2D eigenvalue weighted by molar-refractivity contribution is -0.141. The van der Waals surface area contributed by atoms with E-state index in [9.17, 15) is 18.0 Å². The van der Waals surface area contributed by atoms with Crippen molar-refractivity contribution in [1.82, 2.24) is 10.2 Å². The molecule has 0 aliphatic carbocycles. The monoisotopic (exact) mass is 599 g/mol. The van der Waals surface area contributed by atoms with E-state index in [2.05, 4.69) is 5.32 Å². The second-order valence-corrected chi connectivity index (χ2v) is 12.1. The summed E-state index contributed by atoms with van der Waals surface area (Å²) in [7, 11) is -3.65. The molecule has 9 nitrogen and oxygen atoms in total. The average Bonchev–Trinajstić information content (AvgIpc) is 3.41. The van der Waals surface area contributed by atoms with Gasteiger partial charge in [0.05, 0.1) is 11.9 Å². The van der Waals surface area contributed by atoms with Crippen LogP contribution in [0.1, 0.15) is 30.9 Å². The van der Waals surface area contributed by atoms with Crippen molar-refractivity contribution < 1.29 is 27.5 Å².